The van der Waals surface area contributed by atoms with Gasteiger partial charge in [0, 0.05) is 10.7 Å². The number of amides is 2. The van der Waals surface area contributed by atoms with E-state index in [0.29, 0.717) is 27.9 Å². The molecule has 0 heterocycles. The van der Waals surface area contributed by atoms with E-state index in [4.69, 9.17) is 16.3 Å². The van der Waals surface area contributed by atoms with Gasteiger partial charge in [-0.05, 0) is 79.2 Å². The molecule has 0 aliphatic carbocycles. The Morgan fingerprint density at radius 2 is 1.51 bits per heavy atom. The molecule has 11 heteroatoms. The summed E-state index contributed by atoms with van der Waals surface area (Å²) in [5, 5.41) is 6.39. The number of esters is 1. The minimum absolute atomic E-state index is 0.190. The van der Waals surface area contributed by atoms with E-state index in [1.165, 1.54) is 30.3 Å². The van der Waals surface area contributed by atoms with Crippen molar-refractivity contribution in [1.82, 2.24) is 5.43 Å². The van der Waals surface area contributed by atoms with Crippen LogP contribution in [0.3, 0.4) is 0 Å². The number of nitrogens with one attached hydrogen (secondary N) is 2. The van der Waals surface area contributed by atoms with Crippen molar-refractivity contribution in [2.45, 2.75) is 13.1 Å². The number of carbonyl (C=O) groups is 3. The Morgan fingerprint density at radius 3 is 2.14 bits per heavy atom. The molecule has 2 amide bonds. The largest absolute Gasteiger partial charge is 0.423 e. The molecule has 0 spiro atoms. The van der Waals surface area contributed by atoms with Crippen molar-refractivity contribution in [3.05, 3.63) is 94.5 Å². The van der Waals surface area contributed by atoms with E-state index in [0.717, 1.165) is 12.1 Å². The lowest BCUT2D eigenvalue weighted by atomic mass is 10.1. The highest BCUT2D eigenvalue weighted by Crippen LogP contribution is 2.30. The Bertz CT molecular complexity index is 1270. The van der Waals surface area contributed by atoms with Crippen molar-refractivity contribution < 1.29 is 32.3 Å². The normalized spacial score (nSPS) is 11.5. The van der Waals surface area contributed by atoms with Crippen LogP contribution in [0.25, 0.3) is 0 Å². The number of nitrogens with zero attached hydrogens (tertiary/aromatic N) is 1. The van der Waals surface area contributed by atoms with Crippen molar-refractivity contribution in [1.29, 1.82) is 0 Å². The second kappa shape index (κ2) is 10.8. The van der Waals surface area contributed by atoms with E-state index in [1.54, 1.807) is 31.2 Å². The van der Waals surface area contributed by atoms with Gasteiger partial charge >= 0.3 is 24.0 Å². The molecule has 0 radical (unpaired) electrons. The number of ether oxygens (including phenoxy) is 1. The topological polar surface area (TPSA) is 96.9 Å². The van der Waals surface area contributed by atoms with Gasteiger partial charge in [-0.25, -0.2) is 10.2 Å². The molecule has 3 rings (SSSR count). The second-order valence-electron chi connectivity index (χ2n) is 7.09. The molecule has 0 saturated carbocycles. The van der Waals surface area contributed by atoms with E-state index < -0.39 is 29.5 Å². The summed E-state index contributed by atoms with van der Waals surface area (Å²) >= 11 is 5.79. The lowest BCUT2D eigenvalue weighted by molar-refractivity contribution is -0.137. The van der Waals surface area contributed by atoms with Crippen LogP contribution in [-0.2, 0) is 15.8 Å². The third kappa shape index (κ3) is 7.15. The average Bonchev–Trinajstić information content (AvgIpc) is 2.82. The van der Waals surface area contributed by atoms with E-state index in [1.807, 2.05) is 5.43 Å². The van der Waals surface area contributed by atoms with Gasteiger partial charge in [-0.3, -0.25) is 9.59 Å². The first kappa shape index (κ1) is 25.4. The van der Waals surface area contributed by atoms with E-state index in [9.17, 15) is 27.6 Å². The SMILES string of the molecule is C/C(=N\NC(=O)C(=O)Nc1cccc(C(F)(F)F)c1)c1ccc(OC(=O)c2ccc(Cl)cc2)cc1. The van der Waals surface area contributed by atoms with Gasteiger partial charge in [0.25, 0.3) is 0 Å². The van der Waals surface area contributed by atoms with Crippen LogP contribution in [0.4, 0.5) is 18.9 Å². The molecule has 0 fully saturated rings. The van der Waals surface area contributed by atoms with Crippen molar-refractivity contribution in [2.24, 2.45) is 5.10 Å². The lowest BCUT2D eigenvalue weighted by Crippen LogP contribution is -2.33. The number of hydrogen-bond donors (Lipinski definition) is 2. The molecule has 0 atom stereocenters. The smallest absolute Gasteiger partial charge is 0.416 e. The summed E-state index contributed by atoms with van der Waals surface area (Å²) in [6, 6.07) is 16.3. The molecule has 2 N–H and O–H groups in total. The third-order valence-electron chi connectivity index (χ3n) is 4.54. The molecule has 0 bridgehead atoms. The van der Waals surface area contributed by atoms with Gasteiger partial charge in [-0.15, -0.1) is 0 Å². The van der Waals surface area contributed by atoms with E-state index >= 15 is 0 Å². The minimum Gasteiger partial charge on any atom is -0.423 e. The number of hydrogen-bond acceptors (Lipinski definition) is 5. The van der Waals surface area contributed by atoms with Crippen LogP contribution in [-0.4, -0.2) is 23.5 Å². The molecule has 35 heavy (non-hydrogen) atoms. The first-order valence-electron chi connectivity index (χ1n) is 9.94. The van der Waals surface area contributed by atoms with Crippen LogP contribution < -0.4 is 15.5 Å². The molecular formula is C24H17ClF3N3O4. The minimum atomic E-state index is -4.59. The van der Waals surface area contributed by atoms with Crippen LogP contribution in [0, 0.1) is 0 Å². The zero-order valence-electron chi connectivity index (χ0n) is 18.0. The van der Waals surface area contributed by atoms with Crippen LogP contribution in [0.2, 0.25) is 5.02 Å². The van der Waals surface area contributed by atoms with Gasteiger partial charge < -0.3 is 10.1 Å². The molecule has 0 aliphatic rings. The maximum absolute atomic E-state index is 12.8. The maximum atomic E-state index is 12.8. The predicted octanol–water partition coefficient (Wildman–Crippen LogP) is 5.06. The Labute approximate surface area is 202 Å². The fourth-order valence-electron chi connectivity index (χ4n) is 2.73. The van der Waals surface area contributed by atoms with E-state index in [-0.39, 0.29) is 11.4 Å². The fraction of sp³-hybridized carbons (Fsp3) is 0.0833. The Kier molecular flexibility index (Phi) is 7.87. The molecule has 0 unspecified atom stereocenters. The highest BCUT2D eigenvalue weighted by atomic mass is 35.5. The van der Waals surface area contributed by atoms with Gasteiger partial charge in [0.05, 0.1) is 16.8 Å². The molecule has 0 saturated heterocycles. The fourth-order valence-corrected chi connectivity index (χ4v) is 2.85. The van der Waals surface area contributed by atoms with Gasteiger partial charge in [-0.1, -0.05) is 17.7 Å². The van der Waals surface area contributed by atoms with Crippen LogP contribution >= 0.6 is 11.6 Å². The number of halogens is 4. The zero-order chi connectivity index (χ0) is 25.6. The molecule has 3 aromatic carbocycles. The Morgan fingerprint density at radius 1 is 0.886 bits per heavy atom. The number of carbonyl (C=O) groups excluding carboxylic acids is 3. The zero-order valence-corrected chi connectivity index (χ0v) is 18.8. The molecule has 3 aromatic rings. The highest BCUT2D eigenvalue weighted by Gasteiger charge is 2.30. The van der Waals surface area contributed by atoms with Gasteiger partial charge in [0.15, 0.2) is 0 Å². The summed E-state index contributed by atoms with van der Waals surface area (Å²) in [6.07, 6.45) is -4.59. The number of rotatable bonds is 5. The van der Waals surface area contributed by atoms with Crippen molar-refractivity contribution in [2.75, 3.05) is 5.32 Å². The Balaban J connectivity index is 1.57. The first-order valence-corrected chi connectivity index (χ1v) is 10.3. The number of benzene rings is 3. The van der Waals surface area contributed by atoms with Crippen LogP contribution in [0.1, 0.15) is 28.4 Å². The number of alkyl halides is 3. The van der Waals surface area contributed by atoms with Crippen molar-refractivity contribution >= 4 is 40.8 Å². The summed E-state index contributed by atoms with van der Waals surface area (Å²) < 4.78 is 43.6. The molecule has 0 aromatic heterocycles. The van der Waals surface area contributed by atoms with Gasteiger partial charge in [-0.2, -0.15) is 18.3 Å². The van der Waals surface area contributed by atoms with Crippen molar-refractivity contribution in [3.63, 3.8) is 0 Å². The summed E-state index contributed by atoms with van der Waals surface area (Å²) in [5.41, 5.74) is 2.07. The first-order chi connectivity index (χ1) is 16.5. The molecular weight excluding hydrogens is 487 g/mol. The molecule has 0 aliphatic heterocycles. The third-order valence-corrected chi connectivity index (χ3v) is 4.79. The average molecular weight is 504 g/mol. The van der Waals surface area contributed by atoms with Crippen molar-refractivity contribution in [3.8, 4) is 5.75 Å². The molecule has 7 nitrogen and oxygen atoms in total. The standard InChI is InChI=1S/C24H17ClF3N3O4/c1-14(15-7-11-20(12-8-15)35-23(34)16-5-9-18(25)10-6-16)30-31-22(33)21(32)29-19-4-2-3-17(13-19)24(26,27)28/h2-13H,1H3,(H,29,32)(H,31,33)/b30-14+. The lowest BCUT2D eigenvalue weighted by Gasteiger charge is -2.09. The monoisotopic (exact) mass is 503 g/mol. The number of anilines is 1. The molecule has 180 valence electrons. The summed E-state index contributed by atoms with van der Waals surface area (Å²) in [4.78, 5) is 36.1. The second-order valence-corrected chi connectivity index (χ2v) is 7.53. The van der Waals surface area contributed by atoms with Crippen LogP contribution in [0.15, 0.2) is 77.9 Å². The van der Waals surface area contributed by atoms with E-state index in [2.05, 4.69) is 10.4 Å². The quantitative estimate of drug-likeness (QED) is 0.167. The highest BCUT2D eigenvalue weighted by molar-refractivity contribution is 6.39. The Hall–Kier alpha value is -4.18. The van der Waals surface area contributed by atoms with Gasteiger partial charge in [0.1, 0.15) is 5.75 Å². The van der Waals surface area contributed by atoms with Gasteiger partial charge in [0.2, 0.25) is 0 Å². The summed E-state index contributed by atoms with van der Waals surface area (Å²) in [5.74, 6) is -2.66. The summed E-state index contributed by atoms with van der Waals surface area (Å²) in [6.45, 7) is 1.56. The maximum Gasteiger partial charge on any atom is 0.416 e. The number of hydrazone groups is 1. The predicted molar refractivity (Wildman–Crippen MR) is 123 cm³/mol. The van der Waals surface area contributed by atoms with Crippen LogP contribution in [0.5, 0.6) is 5.75 Å². The summed E-state index contributed by atoms with van der Waals surface area (Å²) in [7, 11) is 0.